The molecule has 0 fully saturated rings. The van der Waals surface area contributed by atoms with Gasteiger partial charge in [-0.1, -0.05) is 22.9 Å². The van der Waals surface area contributed by atoms with Crippen molar-refractivity contribution in [3.63, 3.8) is 0 Å². The minimum absolute atomic E-state index is 0.293. The van der Waals surface area contributed by atoms with E-state index in [0.29, 0.717) is 5.75 Å². The van der Waals surface area contributed by atoms with Gasteiger partial charge in [0.1, 0.15) is 10.6 Å². The van der Waals surface area contributed by atoms with Gasteiger partial charge in [0.2, 0.25) is 0 Å². The molecule has 2 rings (SSSR count). The van der Waals surface area contributed by atoms with E-state index in [9.17, 15) is 21.6 Å². The van der Waals surface area contributed by atoms with Gasteiger partial charge in [-0.2, -0.15) is 21.6 Å². The number of alkyl halides is 3. The summed E-state index contributed by atoms with van der Waals surface area (Å²) in [5.74, 6) is 0.346. The standard InChI is InChI=1S/C16H14F3NO4S/c1-11-3-9-14(10-4-11)25(21,22)24-20-15(16(17,18)19)12-5-7-13(23-2)8-6-12/h3-10H,1-2H3/b20-15-. The third kappa shape index (κ3) is 4.72. The lowest BCUT2D eigenvalue weighted by Crippen LogP contribution is -2.25. The second-order valence-electron chi connectivity index (χ2n) is 5.01. The molecule has 2 aromatic carbocycles. The third-order valence-electron chi connectivity index (χ3n) is 3.17. The molecule has 0 spiro atoms. The van der Waals surface area contributed by atoms with Gasteiger partial charge in [-0.25, -0.2) is 0 Å². The molecular weight excluding hydrogens is 359 g/mol. The number of halogens is 3. The Kier molecular flexibility index (Phi) is 5.36. The molecule has 0 amide bonds. The van der Waals surface area contributed by atoms with Gasteiger partial charge in [0.05, 0.1) is 7.11 Å². The molecule has 0 radical (unpaired) electrons. The topological polar surface area (TPSA) is 65.0 Å². The average molecular weight is 373 g/mol. The molecule has 5 nitrogen and oxygen atoms in total. The molecule has 0 saturated heterocycles. The first-order valence-corrected chi connectivity index (χ1v) is 8.34. The van der Waals surface area contributed by atoms with Crippen molar-refractivity contribution in [2.75, 3.05) is 7.11 Å². The van der Waals surface area contributed by atoms with Crippen molar-refractivity contribution >= 4 is 15.8 Å². The van der Waals surface area contributed by atoms with Crippen molar-refractivity contribution < 1.29 is 30.6 Å². The summed E-state index contributed by atoms with van der Waals surface area (Å²) in [7, 11) is -3.10. The van der Waals surface area contributed by atoms with E-state index in [2.05, 4.69) is 9.44 Å². The van der Waals surface area contributed by atoms with Gasteiger partial charge in [-0.15, -0.1) is 0 Å². The number of methoxy groups -OCH3 is 1. The normalized spacial score (nSPS) is 12.8. The highest BCUT2D eigenvalue weighted by Gasteiger charge is 2.38. The molecule has 0 aliphatic rings. The van der Waals surface area contributed by atoms with Crippen LogP contribution in [0.3, 0.4) is 0 Å². The van der Waals surface area contributed by atoms with E-state index in [4.69, 9.17) is 4.74 Å². The van der Waals surface area contributed by atoms with Gasteiger partial charge in [0, 0.05) is 5.56 Å². The molecular formula is C16H14F3NO4S. The number of nitrogens with zero attached hydrogens (tertiary/aromatic N) is 1. The summed E-state index contributed by atoms with van der Waals surface area (Å²) in [6, 6.07) is 10.2. The Balaban J connectivity index is 2.36. The van der Waals surface area contributed by atoms with Gasteiger partial charge < -0.3 is 4.74 Å². The number of benzene rings is 2. The van der Waals surface area contributed by atoms with E-state index in [0.717, 1.165) is 17.7 Å². The van der Waals surface area contributed by atoms with Crippen LogP contribution in [0.15, 0.2) is 58.6 Å². The van der Waals surface area contributed by atoms with Gasteiger partial charge in [0.25, 0.3) is 0 Å². The number of rotatable bonds is 5. The number of hydrogen-bond acceptors (Lipinski definition) is 5. The molecule has 0 bridgehead atoms. The summed E-state index contributed by atoms with van der Waals surface area (Å²) in [4.78, 5) is -0.293. The summed E-state index contributed by atoms with van der Waals surface area (Å²) in [6.45, 7) is 1.74. The van der Waals surface area contributed by atoms with Gasteiger partial charge >= 0.3 is 16.3 Å². The maximum atomic E-state index is 13.2. The summed E-state index contributed by atoms with van der Waals surface area (Å²) in [5.41, 5.74) is -1.03. The Morgan fingerprint density at radius 3 is 2.04 bits per heavy atom. The van der Waals surface area contributed by atoms with Crippen LogP contribution in [-0.4, -0.2) is 27.4 Å². The van der Waals surface area contributed by atoms with Crippen LogP contribution in [0.5, 0.6) is 5.75 Å². The Morgan fingerprint density at radius 1 is 1.00 bits per heavy atom. The van der Waals surface area contributed by atoms with Crippen molar-refractivity contribution in [3.8, 4) is 5.75 Å². The zero-order valence-corrected chi connectivity index (χ0v) is 14.1. The molecule has 0 saturated carbocycles. The molecule has 0 aliphatic carbocycles. The van der Waals surface area contributed by atoms with E-state index < -0.39 is 22.0 Å². The second kappa shape index (κ2) is 7.14. The monoisotopic (exact) mass is 373 g/mol. The molecule has 2 aromatic rings. The van der Waals surface area contributed by atoms with Crippen LogP contribution in [0.4, 0.5) is 13.2 Å². The minimum atomic E-state index is -4.91. The summed E-state index contributed by atoms with van der Waals surface area (Å²) in [5, 5.41) is 2.85. The molecule has 0 atom stereocenters. The largest absolute Gasteiger partial charge is 0.497 e. The Morgan fingerprint density at radius 2 is 1.56 bits per heavy atom. The van der Waals surface area contributed by atoms with E-state index in [1.807, 2.05) is 0 Å². The second-order valence-corrected chi connectivity index (χ2v) is 6.54. The van der Waals surface area contributed by atoms with Crippen molar-refractivity contribution in [1.82, 2.24) is 0 Å². The van der Waals surface area contributed by atoms with Crippen LogP contribution in [0, 0.1) is 6.92 Å². The number of ether oxygens (including phenoxy) is 1. The minimum Gasteiger partial charge on any atom is -0.497 e. The predicted molar refractivity (Wildman–Crippen MR) is 85.0 cm³/mol. The maximum absolute atomic E-state index is 13.2. The highest BCUT2D eigenvalue weighted by atomic mass is 32.2. The van der Waals surface area contributed by atoms with Crippen LogP contribution < -0.4 is 4.74 Å². The Labute approximate surface area is 142 Å². The fourth-order valence-corrected chi connectivity index (χ4v) is 2.58. The predicted octanol–water partition coefficient (Wildman–Crippen LogP) is 3.68. The summed E-state index contributed by atoms with van der Waals surface area (Å²) < 4.78 is 72.7. The van der Waals surface area contributed by atoms with Gasteiger partial charge in [-0.3, -0.25) is 4.28 Å². The Bertz CT molecular complexity index is 858. The molecule has 9 heteroatoms. The third-order valence-corrected chi connectivity index (χ3v) is 4.29. The van der Waals surface area contributed by atoms with Crippen LogP contribution in [0.1, 0.15) is 11.1 Å². The highest BCUT2D eigenvalue weighted by molar-refractivity contribution is 7.86. The number of oxime groups is 1. The number of aryl methyl sites for hydroxylation is 1. The molecule has 25 heavy (non-hydrogen) atoms. The smallest absolute Gasteiger partial charge is 0.437 e. The fraction of sp³-hybridized carbons (Fsp3) is 0.188. The molecule has 0 aromatic heterocycles. The SMILES string of the molecule is COc1ccc(/C(=N/OS(=O)(=O)c2ccc(C)cc2)C(F)(F)F)cc1. The quantitative estimate of drug-likeness (QED) is 0.592. The van der Waals surface area contributed by atoms with E-state index in [1.54, 1.807) is 6.92 Å². The maximum Gasteiger partial charge on any atom is 0.437 e. The zero-order chi connectivity index (χ0) is 18.7. The van der Waals surface area contributed by atoms with Gasteiger partial charge in [0.15, 0.2) is 5.71 Å². The summed E-state index contributed by atoms with van der Waals surface area (Å²) in [6.07, 6.45) is -4.91. The lowest BCUT2D eigenvalue weighted by atomic mass is 10.1. The van der Waals surface area contributed by atoms with Crippen molar-refractivity contribution in [2.45, 2.75) is 18.0 Å². The first-order chi connectivity index (χ1) is 11.6. The average Bonchev–Trinajstić information content (AvgIpc) is 2.54. The van der Waals surface area contributed by atoms with Crippen LogP contribution in [0.2, 0.25) is 0 Å². The summed E-state index contributed by atoms with van der Waals surface area (Å²) >= 11 is 0. The highest BCUT2D eigenvalue weighted by Crippen LogP contribution is 2.25. The van der Waals surface area contributed by atoms with E-state index in [1.165, 1.54) is 43.5 Å². The molecule has 0 N–H and O–H groups in total. The van der Waals surface area contributed by atoms with E-state index in [-0.39, 0.29) is 10.5 Å². The lowest BCUT2D eigenvalue weighted by Gasteiger charge is -2.11. The van der Waals surface area contributed by atoms with Crippen molar-refractivity contribution in [1.29, 1.82) is 0 Å². The first kappa shape index (κ1) is 18.8. The van der Waals surface area contributed by atoms with Crippen LogP contribution in [-0.2, 0) is 14.4 Å². The molecule has 0 heterocycles. The number of hydrogen-bond donors (Lipinski definition) is 0. The van der Waals surface area contributed by atoms with Crippen molar-refractivity contribution in [3.05, 3.63) is 59.7 Å². The fourth-order valence-electron chi connectivity index (χ4n) is 1.85. The van der Waals surface area contributed by atoms with E-state index >= 15 is 0 Å². The first-order valence-electron chi connectivity index (χ1n) is 6.93. The molecule has 134 valence electrons. The lowest BCUT2D eigenvalue weighted by molar-refractivity contribution is -0.0597. The zero-order valence-electron chi connectivity index (χ0n) is 13.2. The molecule has 0 aliphatic heterocycles. The van der Waals surface area contributed by atoms with Crippen LogP contribution >= 0.6 is 0 Å². The van der Waals surface area contributed by atoms with Gasteiger partial charge in [-0.05, 0) is 43.3 Å². The Hall–Kier alpha value is -2.55. The van der Waals surface area contributed by atoms with Crippen LogP contribution in [0.25, 0.3) is 0 Å². The molecule has 0 unspecified atom stereocenters. The van der Waals surface area contributed by atoms with Crippen molar-refractivity contribution in [2.24, 2.45) is 5.16 Å².